The molecule has 1 heterocycles. The number of halogens is 1. The number of alkyl halides is 1. The second-order valence-corrected chi connectivity index (χ2v) is 5.43. The number of carbonyl (C=O) groups is 1. The number of nitrogens with zero attached hydrogens (tertiary/aromatic N) is 1. The molecule has 0 saturated carbocycles. The summed E-state index contributed by atoms with van der Waals surface area (Å²) in [6.07, 6.45) is 4.53. The van der Waals surface area contributed by atoms with Crippen LogP contribution < -0.4 is 0 Å². The van der Waals surface area contributed by atoms with Crippen LogP contribution in [0.4, 0.5) is 4.39 Å². The van der Waals surface area contributed by atoms with E-state index in [2.05, 4.69) is 6.92 Å². The second-order valence-electron chi connectivity index (χ2n) is 5.43. The van der Waals surface area contributed by atoms with E-state index in [4.69, 9.17) is 0 Å². The fourth-order valence-corrected chi connectivity index (χ4v) is 2.42. The van der Waals surface area contributed by atoms with Gasteiger partial charge >= 0.3 is 0 Å². The highest BCUT2D eigenvalue weighted by Crippen LogP contribution is 2.19. The molecule has 1 saturated heterocycles. The van der Waals surface area contributed by atoms with Gasteiger partial charge in [-0.05, 0) is 6.42 Å². The Morgan fingerprint density at radius 2 is 2.00 bits per heavy atom. The normalized spacial score (nSPS) is 25.4. The van der Waals surface area contributed by atoms with E-state index in [0.29, 0.717) is 0 Å². The number of likely N-dealkylation sites (tertiary alicyclic amines) is 1. The minimum absolute atomic E-state index is 0.00954. The summed E-state index contributed by atoms with van der Waals surface area (Å²) < 4.78 is 13.1. The highest BCUT2D eigenvalue weighted by molar-refractivity contribution is 5.78. The van der Waals surface area contributed by atoms with Crippen LogP contribution in [-0.2, 0) is 4.79 Å². The Bertz CT molecular complexity index is 250. The average Bonchev–Trinajstić information content (AvgIpc) is 2.68. The molecule has 0 aromatic carbocycles. The van der Waals surface area contributed by atoms with Crippen LogP contribution in [0.2, 0.25) is 0 Å². The minimum Gasteiger partial charge on any atom is -0.388 e. The van der Waals surface area contributed by atoms with Crippen molar-refractivity contribution in [3.05, 3.63) is 0 Å². The highest BCUT2D eigenvalue weighted by atomic mass is 19.1. The first kappa shape index (κ1) is 15.4. The van der Waals surface area contributed by atoms with Gasteiger partial charge in [0.2, 0.25) is 5.91 Å². The lowest BCUT2D eigenvalue weighted by molar-refractivity contribution is -0.134. The van der Waals surface area contributed by atoms with Crippen LogP contribution >= 0.6 is 0 Å². The van der Waals surface area contributed by atoms with E-state index < -0.39 is 12.3 Å². The fraction of sp³-hybridized carbons (Fsp3) is 0.929. The van der Waals surface area contributed by atoms with Crippen LogP contribution in [0.25, 0.3) is 0 Å². The second kappa shape index (κ2) is 7.72. The van der Waals surface area contributed by atoms with Crippen LogP contribution in [-0.4, -0.2) is 41.3 Å². The summed E-state index contributed by atoms with van der Waals surface area (Å²) in [5.74, 6) is -0.0613. The van der Waals surface area contributed by atoms with Gasteiger partial charge in [0.15, 0.2) is 0 Å². The lowest BCUT2D eigenvalue weighted by Crippen LogP contribution is -2.34. The van der Waals surface area contributed by atoms with Gasteiger partial charge in [-0.1, -0.05) is 46.0 Å². The van der Waals surface area contributed by atoms with Gasteiger partial charge in [-0.15, -0.1) is 0 Å². The molecule has 1 unspecified atom stereocenters. The minimum atomic E-state index is -1.27. The number of hydrogen-bond donors (Lipinski definition) is 1. The van der Waals surface area contributed by atoms with Gasteiger partial charge in [0.05, 0.1) is 6.54 Å². The zero-order valence-electron chi connectivity index (χ0n) is 11.6. The molecule has 0 spiro atoms. The molecule has 1 aliphatic heterocycles. The van der Waals surface area contributed by atoms with Gasteiger partial charge < -0.3 is 10.0 Å². The average molecular weight is 259 g/mol. The van der Waals surface area contributed by atoms with Crippen molar-refractivity contribution in [2.75, 3.05) is 13.1 Å². The molecule has 3 nitrogen and oxygen atoms in total. The quantitative estimate of drug-likeness (QED) is 0.714. The van der Waals surface area contributed by atoms with Gasteiger partial charge in [-0.2, -0.15) is 0 Å². The van der Waals surface area contributed by atoms with Gasteiger partial charge in [-0.3, -0.25) is 4.79 Å². The van der Waals surface area contributed by atoms with Crippen molar-refractivity contribution >= 4 is 5.91 Å². The number of β-amino-alcohol motifs (C(OH)–C–C–N with tert-alkyl or cyclic N) is 1. The molecular formula is C14H26FNO2. The van der Waals surface area contributed by atoms with Gasteiger partial charge in [0.25, 0.3) is 0 Å². The third-order valence-electron chi connectivity index (χ3n) is 3.69. The Morgan fingerprint density at radius 3 is 2.56 bits per heavy atom. The number of carbonyl (C=O) groups excluding carboxylic acids is 1. The van der Waals surface area contributed by atoms with E-state index >= 15 is 0 Å². The lowest BCUT2D eigenvalue weighted by atomic mass is 10.0. The molecule has 1 aliphatic rings. The predicted molar refractivity (Wildman–Crippen MR) is 70.0 cm³/mol. The molecule has 0 aromatic rings. The Balaban J connectivity index is 2.21. The fourth-order valence-electron chi connectivity index (χ4n) is 2.42. The lowest BCUT2D eigenvalue weighted by Gasteiger charge is -2.20. The van der Waals surface area contributed by atoms with Crippen molar-refractivity contribution in [1.82, 2.24) is 4.90 Å². The largest absolute Gasteiger partial charge is 0.388 e. The van der Waals surface area contributed by atoms with E-state index in [-0.39, 0.29) is 24.9 Å². The van der Waals surface area contributed by atoms with Crippen molar-refractivity contribution in [3.63, 3.8) is 0 Å². The molecule has 18 heavy (non-hydrogen) atoms. The molecule has 1 fully saturated rings. The number of hydrogen-bond acceptors (Lipinski definition) is 2. The molecule has 106 valence electrons. The Kier molecular flexibility index (Phi) is 6.61. The maximum absolute atomic E-state index is 13.1. The summed E-state index contributed by atoms with van der Waals surface area (Å²) in [7, 11) is 0. The third-order valence-corrected chi connectivity index (χ3v) is 3.69. The van der Waals surface area contributed by atoms with Gasteiger partial charge in [-0.25, -0.2) is 4.39 Å². The Morgan fingerprint density at radius 1 is 1.33 bits per heavy atom. The monoisotopic (exact) mass is 259 g/mol. The van der Waals surface area contributed by atoms with Crippen molar-refractivity contribution in [2.45, 2.75) is 64.6 Å². The summed E-state index contributed by atoms with van der Waals surface area (Å²) in [6.45, 7) is 4.29. The maximum atomic E-state index is 13.1. The third kappa shape index (κ3) is 4.56. The summed E-state index contributed by atoms with van der Waals surface area (Å²) in [6, 6.07) is 0. The maximum Gasteiger partial charge on any atom is 0.225 e. The number of amides is 1. The number of rotatable bonds is 7. The van der Waals surface area contributed by atoms with Crippen LogP contribution in [0.5, 0.6) is 0 Å². The Hall–Kier alpha value is -0.640. The summed E-state index contributed by atoms with van der Waals surface area (Å²) in [5.41, 5.74) is 0. The van der Waals surface area contributed by atoms with Crippen LogP contribution in [0.3, 0.4) is 0 Å². The Labute approximate surface area is 109 Å². The van der Waals surface area contributed by atoms with Gasteiger partial charge in [0, 0.05) is 12.5 Å². The molecule has 1 rings (SSSR count). The van der Waals surface area contributed by atoms with Crippen LogP contribution in [0.1, 0.15) is 52.4 Å². The SMILES string of the molecule is CCCCCCCC(C)C(=O)N1C[C@H](O)[C@@H](F)C1. The van der Waals surface area contributed by atoms with Crippen molar-refractivity contribution < 1.29 is 14.3 Å². The molecule has 1 amide bonds. The summed E-state index contributed by atoms with van der Waals surface area (Å²) in [5, 5.41) is 9.30. The number of aliphatic hydroxyl groups excluding tert-OH is 1. The van der Waals surface area contributed by atoms with E-state index in [1.807, 2.05) is 6.92 Å². The topological polar surface area (TPSA) is 40.5 Å². The molecule has 1 N–H and O–H groups in total. The standard InChI is InChI=1S/C14H26FNO2/c1-3-4-5-6-7-8-11(2)14(18)16-9-12(15)13(17)10-16/h11-13,17H,3-10H2,1-2H3/t11?,12-,13-/m0/s1. The first-order chi connectivity index (χ1) is 8.56. The van der Waals surface area contributed by atoms with Gasteiger partial charge in [0.1, 0.15) is 12.3 Å². The molecule has 0 aliphatic carbocycles. The van der Waals surface area contributed by atoms with Crippen molar-refractivity contribution in [2.24, 2.45) is 5.92 Å². The van der Waals surface area contributed by atoms with Crippen molar-refractivity contribution in [3.8, 4) is 0 Å². The predicted octanol–water partition coefficient (Wildman–Crippen LogP) is 2.52. The number of aliphatic hydroxyl groups is 1. The first-order valence-electron chi connectivity index (χ1n) is 7.17. The summed E-state index contributed by atoms with van der Waals surface area (Å²) >= 11 is 0. The molecule has 0 radical (unpaired) electrons. The molecule has 4 heteroatoms. The molecule has 0 aromatic heterocycles. The zero-order valence-corrected chi connectivity index (χ0v) is 11.6. The van der Waals surface area contributed by atoms with Crippen LogP contribution in [0.15, 0.2) is 0 Å². The smallest absolute Gasteiger partial charge is 0.225 e. The molecular weight excluding hydrogens is 233 g/mol. The van der Waals surface area contributed by atoms with E-state index in [9.17, 15) is 14.3 Å². The van der Waals surface area contributed by atoms with E-state index in [0.717, 1.165) is 12.8 Å². The van der Waals surface area contributed by atoms with E-state index in [1.54, 1.807) is 0 Å². The van der Waals surface area contributed by atoms with Crippen LogP contribution in [0, 0.1) is 5.92 Å². The first-order valence-corrected chi connectivity index (χ1v) is 7.17. The van der Waals surface area contributed by atoms with Crippen molar-refractivity contribution in [1.29, 1.82) is 0 Å². The molecule has 3 atom stereocenters. The highest BCUT2D eigenvalue weighted by Gasteiger charge is 2.35. The van der Waals surface area contributed by atoms with E-state index in [1.165, 1.54) is 30.6 Å². The summed E-state index contributed by atoms with van der Waals surface area (Å²) in [4.78, 5) is 13.5. The molecule has 0 bridgehead atoms. The number of unbranched alkanes of at least 4 members (excludes halogenated alkanes) is 4. The zero-order chi connectivity index (χ0) is 13.5.